The number of amides is 4. The van der Waals surface area contributed by atoms with Crippen LogP contribution in [-0.2, 0) is 19.6 Å². The Bertz CT molecular complexity index is 1860. The Hall–Kier alpha value is -4.83. The van der Waals surface area contributed by atoms with Crippen LogP contribution in [0, 0.1) is 6.92 Å². The summed E-state index contributed by atoms with van der Waals surface area (Å²) in [5.74, 6) is -0.701. The summed E-state index contributed by atoms with van der Waals surface area (Å²) in [5, 5.41) is 6.74. The molecule has 2 aliphatic heterocycles. The number of furan rings is 1. The number of nitrogens with zero attached hydrogens (tertiary/aromatic N) is 5. The number of hydrogen-bond donors (Lipinski definition) is 3. The molecule has 4 amide bonds. The zero-order valence-electron chi connectivity index (χ0n) is 28.1. The number of fused-ring (bicyclic) bond motifs is 1. The number of carbonyl (C=O) groups excluding carboxylic acids is 4. The fourth-order valence-electron chi connectivity index (χ4n) is 5.95. The highest BCUT2D eigenvalue weighted by Gasteiger charge is 2.34. The predicted molar refractivity (Wildman–Crippen MR) is 184 cm³/mol. The third-order valence-corrected chi connectivity index (χ3v) is 9.12. The Morgan fingerprint density at radius 1 is 1.06 bits per heavy atom. The molecule has 2 aliphatic rings. The predicted octanol–water partition coefficient (Wildman–Crippen LogP) is 1.96. The summed E-state index contributed by atoms with van der Waals surface area (Å²) in [7, 11) is -0.201. The van der Waals surface area contributed by atoms with Crippen molar-refractivity contribution in [2.75, 3.05) is 51.8 Å². The number of carbonyl (C=O) groups is 4. The molecule has 0 saturated carbocycles. The Morgan fingerprint density at radius 3 is 2.57 bits per heavy atom. The minimum Gasteiger partial charge on any atom is -0.461 e. The molecule has 16 heteroatoms. The number of benzene rings is 1. The molecule has 2 atom stereocenters. The van der Waals surface area contributed by atoms with Crippen molar-refractivity contribution in [3.05, 3.63) is 59.6 Å². The van der Waals surface area contributed by atoms with Gasteiger partial charge < -0.3 is 24.4 Å². The first-order valence-electron chi connectivity index (χ1n) is 16.1. The van der Waals surface area contributed by atoms with E-state index in [4.69, 9.17) is 9.41 Å². The number of likely N-dealkylation sites (tertiary alicyclic amines) is 2. The molecule has 0 radical (unpaired) electrons. The molecule has 0 aliphatic carbocycles. The van der Waals surface area contributed by atoms with Gasteiger partial charge in [-0.1, -0.05) is 0 Å². The minimum absolute atomic E-state index is 0.0241. The molecule has 49 heavy (non-hydrogen) atoms. The van der Waals surface area contributed by atoms with Crippen LogP contribution in [0.3, 0.4) is 0 Å². The third kappa shape index (κ3) is 9.20. The van der Waals surface area contributed by atoms with Gasteiger partial charge in [0.2, 0.25) is 27.8 Å². The van der Waals surface area contributed by atoms with Gasteiger partial charge in [0.15, 0.2) is 0 Å². The average Bonchev–Trinajstić information content (AvgIpc) is 3.64. The van der Waals surface area contributed by atoms with Gasteiger partial charge in [-0.05, 0) is 75.4 Å². The summed E-state index contributed by atoms with van der Waals surface area (Å²) < 4.78 is 31.4. The number of aryl methyl sites for hydroxylation is 1. The van der Waals surface area contributed by atoms with Crippen molar-refractivity contribution in [1.82, 2.24) is 29.7 Å². The largest absolute Gasteiger partial charge is 0.461 e. The van der Waals surface area contributed by atoms with Crippen LogP contribution in [-0.4, -0.2) is 116 Å². The molecule has 4 heterocycles. The van der Waals surface area contributed by atoms with Gasteiger partial charge in [0.25, 0.3) is 11.8 Å². The van der Waals surface area contributed by atoms with Crippen molar-refractivity contribution in [2.45, 2.75) is 51.1 Å². The van der Waals surface area contributed by atoms with E-state index in [2.05, 4.69) is 20.3 Å². The van der Waals surface area contributed by atoms with E-state index < -0.39 is 22.0 Å². The van der Waals surface area contributed by atoms with Crippen LogP contribution in [0.1, 0.15) is 58.7 Å². The van der Waals surface area contributed by atoms with E-state index in [1.165, 1.54) is 28.1 Å². The van der Waals surface area contributed by atoms with Gasteiger partial charge in [-0.15, -0.1) is 0 Å². The third-order valence-electron chi connectivity index (χ3n) is 8.43. The van der Waals surface area contributed by atoms with Gasteiger partial charge in [-0.2, -0.15) is 0 Å². The highest BCUT2D eigenvalue weighted by Crippen LogP contribution is 2.24. The maximum atomic E-state index is 13.9. The highest BCUT2D eigenvalue weighted by molar-refractivity contribution is 7.88. The lowest BCUT2D eigenvalue weighted by molar-refractivity contribution is -0.141. The van der Waals surface area contributed by atoms with Gasteiger partial charge in [0, 0.05) is 57.0 Å². The van der Waals surface area contributed by atoms with Gasteiger partial charge in [0.1, 0.15) is 23.1 Å². The summed E-state index contributed by atoms with van der Waals surface area (Å²) in [4.78, 5) is 66.3. The highest BCUT2D eigenvalue weighted by atomic mass is 32.2. The van der Waals surface area contributed by atoms with Crippen molar-refractivity contribution >= 4 is 56.3 Å². The molecule has 5 rings (SSSR count). The van der Waals surface area contributed by atoms with Crippen molar-refractivity contribution in [1.29, 1.82) is 0 Å². The van der Waals surface area contributed by atoms with E-state index in [-0.39, 0.29) is 54.1 Å². The summed E-state index contributed by atoms with van der Waals surface area (Å²) >= 11 is 0. The van der Waals surface area contributed by atoms with Crippen LogP contribution in [0.5, 0.6) is 0 Å². The van der Waals surface area contributed by atoms with Gasteiger partial charge >= 0.3 is 0 Å². The van der Waals surface area contributed by atoms with Crippen LogP contribution in [0.2, 0.25) is 0 Å². The number of nitrogens with one attached hydrogen (secondary N) is 3. The fraction of sp³-hybridized carbons (Fsp3) is 0.455. The topological polar surface area (TPSA) is 187 Å². The van der Waals surface area contributed by atoms with E-state index in [9.17, 15) is 27.6 Å². The molecule has 2 fully saturated rings. The quantitative estimate of drug-likeness (QED) is 0.222. The smallest absolute Gasteiger partial charge is 0.271 e. The lowest BCUT2D eigenvalue weighted by Crippen LogP contribution is -2.49. The number of pyridine rings is 1. The number of aromatic nitrogens is 1. The van der Waals surface area contributed by atoms with E-state index in [1.54, 1.807) is 31.1 Å². The van der Waals surface area contributed by atoms with Crippen molar-refractivity contribution in [3.63, 3.8) is 0 Å². The average molecular weight is 695 g/mol. The second-order valence-corrected chi connectivity index (χ2v) is 14.4. The lowest BCUT2D eigenvalue weighted by Gasteiger charge is -2.29. The molecule has 3 aromatic rings. The van der Waals surface area contributed by atoms with Crippen molar-refractivity contribution < 1.29 is 32.0 Å². The Morgan fingerprint density at radius 2 is 1.86 bits per heavy atom. The first-order valence-corrected chi connectivity index (χ1v) is 18.0. The second kappa shape index (κ2) is 15.2. The van der Waals surface area contributed by atoms with Crippen LogP contribution in [0.4, 0.5) is 5.69 Å². The van der Waals surface area contributed by atoms with Crippen LogP contribution in [0.25, 0.3) is 11.0 Å². The number of hydrogen-bond acceptors (Lipinski definition) is 9. The van der Waals surface area contributed by atoms with E-state index in [0.29, 0.717) is 50.0 Å². The maximum absolute atomic E-state index is 13.9. The molecule has 2 saturated heterocycles. The standard InChI is InChI=1S/C33H42N8O7S/c1-21-16-23-17-24(11-13-28(23)48-21)36-33(38-30(43)22-10-12-26(34-18-22)31(44)39(2)3)37-27-9-5-6-14-40(32(27)45)20-29(42)41-15-7-8-25(41)19-35-49(4,46)47/h10-13,16-18,25,27,35H,5-9,14-15,19-20H2,1-4H3,(H2,36,37,38,43). The van der Waals surface area contributed by atoms with Gasteiger partial charge in [0.05, 0.1) is 18.4 Å². The second-order valence-electron chi connectivity index (χ2n) is 12.6. The zero-order chi connectivity index (χ0) is 35.3. The van der Waals surface area contributed by atoms with Crippen molar-refractivity contribution in [2.24, 2.45) is 4.99 Å². The number of aliphatic imine (C=N–C) groups is 1. The molecule has 1 aromatic carbocycles. The first kappa shape index (κ1) is 35.5. The summed E-state index contributed by atoms with van der Waals surface area (Å²) in [5.41, 5.74) is 1.64. The van der Waals surface area contributed by atoms with E-state index >= 15 is 0 Å². The van der Waals surface area contributed by atoms with Crippen LogP contribution < -0.4 is 15.4 Å². The summed E-state index contributed by atoms with van der Waals surface area (Å²) in [6.07, 6.45) is 5.52. The van der Waals surface area contributed by atoms with Crippen LogP contribution >= 0.6 is 0 Å². The first-order chi connectivity index (χ1) is 23.3. The number of anilines is 1. The molecule has 2 aromatic heterocycles. The molecule has 15 nitrogen and oxygen atoms in total. The molecule has 2 unspecified atom stereocenters. The monoisotopic (exact) mass is 694 g/mol. The lowest BCUT2D eigenvalue weighted by atomic mass is 10.1. The molecule has 0 bridgehead atoms. The molecule has 0 spiro atoms. The molecular weight excluding hydrogens is 652 g/mol. The Kier molecular flexibility index (Phi) is 11.0. The zero-order valence-corrected chi connectivity index (χ0v) is 28.9. The van der Waals surface area contributed by atoms with Gasteiger partial charge in [-0.25, -0.2) is 18.1 Å². The summed E-state index contributed by atoms with van der Waals surface area (Å²) in [6, 6.07) is 9.03. The molecule has 3 N–H and O–H groups in total. The normalized spacial score (nSPS) is 18.8. The molecular formula is C33H42N8O7S. The SMILES string of the molecule is Cc1cc2cc(NC(=NC3CCCCN(CC(=O)N4CCCC4CNS(C)(=O)=O)C3=O)NC(=O)c3ccc(C(=O)N(C)C)nc3)ccc2o1. The molecule has 262 valence electrons. The van der Waals surface area contributed by atoms with Crippen LogP contribution in [0.15, 0.2) is 52.0 Å². The number of sulfonamides is 1. The Labute approximate surface area is 285 Å². The van der Waals surface area contributed by atoms with E-state index in [0.717, 1.165) is 23.8 Å². The number of rotatable bonds is 9. The maximum Gasteiger partial charge on any atom is 0.271 e. The Balaban J connectivity index is 1.36. The minimum atomic E-state index is -3.41. The van der Waals surface area contributed by atoms with Gasteiger partial charge in [-0.3, -0.25) is 29.5 Å². The van der Waals surface area contributed by atoms with Crippen molar-refractivity contribution in [3.8, 4) is 0 Å². The fourth-order valence-corrected chi connectivity index (χ4v) is 6.44. The summed E-state index contributed by atoms with van der Waals surface area (Å²) in [6.45, 7) is 2.66. The number of guanidine groups is 1. The van der Waals surface area contributed by atoms with E-state index in [1.807, 2.05) is 19.1 Å².